The molecule has 0 spiro atoms. The molecule has 1 rings (SSSR count). The molecule has 0 heterocycles. The van der Waals surface area contributed by atoms with Gasteiger partial charge in [-0.05, 0) is 93.2 Å². The third-order valence-electron chi connectivity index (χ3n) is 6.06. The number of nitrogens with one attached hydrogen (secondary N) is 1. The molecular weight excluding hydrogens is 448 g/mol. The Morgan fingerprint density at radius 3 is 2.11 bits per heavy atom. The van der Waals surface area contributed by atoms with E-state index in [1.54, 1.807) is 6.20 Å². The molecule has 0 saturated carbocycles. The van der Waals surface area contributed by atoms with Gasteiger partial charge >= 0.3 is 0 Å². The third kappa shape index (κ3) is 16.7. The van der Waals surface area contributed by atoms with E-state index in [0.717, 1.165) is 41.8 Å². The van der Waals surface area contributed by atoms with E-state index in [9.17, 15) is 0 Å². The average Bonchev–Trinajstić information content (AvgIpc) is 2.92. The van der Waals surface area contributed by atoms with Gasteiger partial charge in [-0.15, -0.1) is 0 Å². The van der Waals surface area contributed by atoms with E-state index in [1.165, 1.54) is 36.0 Å². The van der Waals surface area contributed by atoms with Crippen molar-refractivity contribution in [3.63, 3.8) is 0 Å². The molecule has 2 unspecified atom stereocenters. The van der Waals surface area contributed by atoms with Gasteiger partial charge in [-0.2, -0.15) is 0 Å². The molecule has 1 aromatic carbocycles. The van der Waals surface area contributed by atoms with Gasteiger partial charge in [-0.1, -0.05) is 105 Å². The van der Waals surface area contributed by atoms with Crippen LogP contribution in [0.1, 0.15) is 107 Å². The molecule has 0 bridgehead atoms. The molecule has 208 valence electrons. The van der Waals surface area contributed by atoms with E-state index < -0.39 is 0 Å². The predicted octanol–water partition coefficient (Wildman–Crippen LogP) is 11.5. The second-order valence-corrected chi connectivity index (χ2v) is 9.11. The Morgan fingerprint density at radius 2 is 1.59 bits per heavy atom. The van der Waals surface area contributed by atoms with Gasteiger partial charge in [-0.3, -0.25) is 4.99 Å². The number of aliphatic imine (C=N–C) groups is 1. The first-order valence-electron chi connectivity index (χ1n) is 14.6. The summed E-state index contributed by atoms with van der Waals surface area (Å²) in [6.07, 6.45) is 18.3. The minimum absolute atomic E-state index is 0.772. The van der Waals surface area contributed by atoms with Crippen molar-refractivity contribution in [1.82, 2.24) is 0 Å². The van der Waals surface area contributed by atoms with Crippen LogP contribution in [0, 0.1) is 11.8 Å². The number of nitrogens with zero attached hydrogens (tertiary/aromatic N) is 1. The second-order valence-electron chi connectivity index (χ2n) is 9.11. The van der Waals surface area contributed by atoms with Gasteiger partial charge in [0.1, 0.15) is 0 Å². The Morgan fingerprint density at radius 1 is 0.973 bits per heavy atom. The van der Waals surface area contributed by atoms with Crippen LogP contribution in [-0.4, -0.2) is 5.71 Å². The topological polar surface area (TPSA) is 24.4 Å². The first-order valence-corrected chi connectivity index (χ1v) is 14.6. The number of aryl methyl sites for hydroxylation is 1. The van der Waals surface area contributed by atoms with Crippen molar-refractivity contribution >= 4 is 11.4 Å². The summed E-state index contributed by atoms with van der Waals surface area (Å²) < 4.78 is 0. The highest BCUT2D eigenvalue weighted by Crippen LogP contribution is 2.21. The number of hydrogen-bond donors (Lipinski definition) is 1. The van der Waals surface area contributed by atoms with Crippen LogP contribution in [0.3, 0.4) is 0 Å². The zero-order valence-corrected chi connectivity index (χ0v) is 26.1. The number of anilines is 1. The molecule has 0 saturated heterocycles. The summed E-state index contributed by atoms with van der Waals surface area (Å²) in [5, 5.41) is 3.55. The molecule has 0 radical (unpaired) electrons. The van der Waals surface area contributed by atoms with Crippen LogP contribution in [0.15, 0.2) is 89.3 Å². The predicted molar refractivity (Wildman–Crippen MR) is 173 cm³/mol. The van der Waals surface area contributed by atoms with Crippen molar-refractivity contribution in [3.8, 4) is 0 Å². The number of benzene rings is 1. The Labute approximate surface area is 231 Å². The minimum Gasteiger partial charge on any atom is -0.354 e. The lowest BCUT2D eigenvalue weighted by atomic mass is 9.91. The van der Waals surface area contributed by atoms with E-state index in [-0.39, 0.29) is 0 Å². The van der Waals surface area contributed by atoms with Crippen molar-refractivity contribution in [2.75, 3.05) is 5.32 Å². The zero-order chi connectivity index (χ0) is 28.6. The number of hydrogen-bond acceptors (Lipinski definition) is 2. The molecule has 0 aliphatic carbocycles. The summed E-state index contributed by atoms with van der Waals surface area (Å²) in [5.74, 6) is 1.59. The molecule has 1 N–H and O–H groups in total. The SMILES string of the molecule is C=CN=C(C)\C(=C/C=C(C)/C(/C=C\C)=C/CC)Nc1ccc(CCC(C)CC(C)CC)cc1.CC.CC. The highest BCUT2D eigenvalue weighted by Gasteiger charge is 2.08. The fraction of sp³-hybridized carbons (Fsp3) is 0.514. The van der Waals surface area contributed by atoms with Gasteiger partial charge in [0.15, 0.2) is 0 Å². The van der Waals surface area contributed by atoms with Crippen LogP contribution in [0.5, 0.6) is 0 Å². The zero-order valence-electron chi connectivity index (χ0n) is 26.1. The lowest BCUT2D eigenvalue weighted by Crippen LogP contribution is -2.08. The van der Waals surface area contributed by atoms with E-state index in [0.29, 0.717) is 0 Å². The molecule has 2 nitrogen and oxygen atoms in total. The molecule has 2 atom stereocenters. The van der Waals surface area contributed by atoms with Crippen LogP contribution >= 0.6 is 0 Å². The first kappa shape index (κ1) is 36.5. The molecule has 0 amide bonds. The molecular formula is C35H58N2. The fourth-order valence-electron chi connectivity index (χ4n) is 3.82. The van der Waals surface area contributed by atoms with Crippen LogP contribution in [0.25, 0.3) is 0 Å². The Kier molecular flexibility index (Phi) is 23.5. The molecule has 37 heavy (non-hydrogen) atoms. The Bertz CT molecular complexity index is 863. The molecule has 0 aliphatic rings. The highest BCUT2D eigenvalue weighted by atomic mass is 14.9. The Balaban J connectivity index is 0. The molecule has 1 aromatic rings. The average molecular weight is 507 g/mol. The van der Waals surface area contributed by atoms with E-state index in [4.69, 9.17) is 0 Å². The number of rotatable bonds is 14. The highest BCUT2D eigenvalue weighted by molar-refractivity contribution is 6.01. The lowest BCUT2D eigenvalue weighted by molar-refractivity contribution is 0.387. The monoisotopic (exact) mass is 506 g/mol. The van der Waals surface area contributed by atoms with Crippen LogP contribution in [0.4, 0.5) is 5.69 Å². The third-order valence-corrected chi connectivity index (χ3v) is 6.06. The van der Waals surface area contributed by atoms with Crippen molar-refractivity contribution < 1.29 is 0 Å². The minimum atomic E-state index is 0.772. The summed E-state index contributed by atoms with van der Waals surface area (Å²) in [6, 6.07) is 8.82. The van der Waals surface area contributed by atoms with Crippen molar-refractivity contribution in [3.05, 3.63) is 89.8 Å². The fourth-order valence-corrected chi connectivity index (χ4v) is 3.82. The van der Waals surface area contributed by atoms with E-state index >= 15 is 0 Å². The van der Waals surface area contributed by atoms with Crippen LogP contribution in [-0.2, 0) is 6.42 Å². The van der Waals surface area contributed by atoms with Crippen molar-refractivity contribution in [1.29, 1.82) is 0 Å². The maximum atomic E-state index is 4.41. The van der Waals surface area contributed by atoms with Gasteiger partial charge in [-0.25, -0.2) is 0 Å². The number of allylic oxidation sites excluding steroid dienone is 8. The molecule has 0 aromatic heterocycles. The van der Waals surface area contributed by atoms with Crippen LogP contribution in [0.2, 0.25) is 0 Å². The summed E-state index contributed by atoms with van der Waals surface area (Å²) in [6.45, 7) is 27.1. The van der Waals surface area contributed by atoms with E-state index in [1.807, 2.05) is 34.6 Å². The summed E-state index contributed by atoms with van der Waals surface area (Å²) in [5.41, 5.74) is 6.82. The van der Waals surface area contributed by atoms with Gasteiger partial charge in [0.25, 0.3) is 0 Å². The quantitative estimate of drug-likeness (QED) is 0.197. The lowest BCUT2D eigenvalue weighted by Gasteiger charge is -2.16. The normalized spacial score (nSPS) is 14.2. The van der Waals surface area contributed by atoms with Crippen LogP contribution < -0.4 is 5.32 Å². The van der Waals surface area contributed by atoms with Gasteiger partial charge in [0, 0.05) is 11.9 Å². The van der Waals surface area contributed by atoms with E-state index in [2.05, 4.69) is 113 Å². The van der Waals surface area contributed by atoms with Crippen molar-refractivity contribution in [2.24, 2.45) is 16.8 Å². The second kappa shape index (κ2) is 23.8. The smallest absolute Gasteiger partial charge is 0.0606 e. The van der Waals surface area contributed by atoms with Gasteiger partial charge in [0.05, 0.1) is 11.4 Å². The first-order chi connectivity index (χ1) is 17.8. The summed E-state index contributed by atoms with van der Waals surface area (Å²) >= 11 is 0. The molecule has 0 aliphatic heterocycles. The molecule has 0 fully saturated rings. The maximum absolute atomic E-state index is 4.41. The Hall–Kier alpha value is -2.61. The molecule has 2 heteroatoms. The largest absolute Gasteiger partial charge is 0.354 e. The standard InChI is InChI=1S/C31H46N2.2C2H6/c1-9-13-29(14-10-2)26(7)16-22-31(27(8)32-12-4)33-30-20-18-28(19-21-30)17-15-25(6)23-24(5)11-3;2*1-2/h9,12-14,16,18-22,24-25,33H,4,10-11,15,17,23H2,1-3,5-8H3;2*1-2H3/b13-9-,26-16+,29-14+,31-22+,32-27?;;. The maximum Gasteiger partial charge on any atom is 0.0606 e. The van der Waals surface area contributed by atoms with Gasteiger partial charge in [0.2, 0.25) is 0 Å². The van der Waals surface area contributed by atoms with Gasteiger partial charge < -0.3 is 5.32 Å². The summed E-state index contributed by atoms with van der Waals surface area (Å²) in [7, 11) is 0. The summed E-state index contributed by atoms with van der Waals surface area (Å²) in [4.78, 5) is 4.41. The van der Waals surface area contributed by atoms with Crippen molar-refractivity contribution in [2.45, 2.75) is 108 Å².